The SMILES string of the molecule is CCCCC1(CC[C@@H](NC(=O)OC)C(=O)OC(=O)[C@H](CC(C(CNCc2cccc(CC)c2)C(N)Cc2cc(F)cc(F)c2)C2(CCCC)OCCCO2)NC(=O)OC)OCCO1. The zero-order valence-corrected chi connectivity index (χ0v) is 37.5. The van der Waals surface area contributed by atoms with E-state index in [2.05, 4.69) is 28.9 Å². The van der Waals surface area contributed by atoms with E-state index >= 15 is 0 Å². The third-order valence-corrected chi connectivity index (χ3v) is 11.7. The smallest absolute Gasteiger partial charge is 0.407 e. The normalized spacial score (nSPS) is 18.0. The predicted molar refractivity (Wildman–Crippen MR) is 229 cm³/mol. The van der Waals surface area contributed by atoms with Crippen LogP contribution in [-0.2, 0) is 62.1 Å². The van der Waals surface area contributed by atoms with Crippen LogP contribution in [0.1, 0.15) is 102 Å². The van der Waals surface area contributed by atoms with Gasteiger partial charge in [0.25, 0.3) is 0 Å². The van der Waals surface area contributed by atoms with E-state index in [4.69, 9.17) is 38.9 Å². The van der Waals surface area contributed by atoms with Crippen molar-refractivity contribution >= 4 is 24.1 Å². The van der Waals surface area contributed by atoms with Crippen LogP contribution in [0.5, 0.6) is 0 Å². The highest BCUT2D eigenvalue weighted by Gasteiger charge is 2.50. The molecule has 2 fully saturated rings. The molecule has 0 aliphatic carbocycles. The molecule has 352 valence electrons. The quantitative estimate of drug-likeness (QED) is 0.0489. The molecule has 2 amide bonds. The number of rotatable bonds is 25. The maximum absolute atomic E-state index is 14.5. The third-order valence-electron chi connectivity index (χ3n) is 11.7. The fourth-order valence-electron chi connectivity index (χ4n) is 8.41. The van der Waals surface area contributed by atoms with E-state index < -0.39 is 77.3 Å². The zero-order valence-electron chi connectivity index (χ0n) is 37.5. The summed E-state index contributed by atoms with van der Waals surface area (Å²) in [7, 11) is 2.26. The second kappa shape index (κ2) is 25.9. The van der Waals surface area contributed by atoms with Crippen molar-refractivity contribution in [3.63, 3.8) is 0 Å². The Balaban J connectivity index is 1.73. The Labute approximate surface area is 370 Å². The first kappa shape index (κ1) is 51.4. The molecule has 63 heavy (non-hydrogen) atoms. The highest BCUT2D eigenvalue weighted by molar-refractivity contribution is 5.93. The van der Waals surface area contributed by atoms with Gasteiger partial charge in [-0.3, -0.25) is 0 Å². The third kappa shape index (κ3) is 15.7. The number of alkyl carbamates (subject to hydrolysis) is 2. The number of unbranched alkanes of at least 4 members (excludes halogenated alkanes) is 2. The summed E-state index contributed by atoms with van der Waals surface area (Å²) >= 11 is 0. The van der Waals surface area contributed by atoms with Gasteiger partial charge in [0.15, 0.2) is 11.6 Å². The lowest BCUT2D eigenvalue weighted by molar-refractivity contribution is -0.307. The maximum Gasteiger partial charge on any atom is 0.407 e. The van der Waals surface area contributed by atoms with Gasteiger partial charge in [0.1, 0.15) is 23.7 Å². The Morgan fingerprint density at radius 3 is 1.98 bits per heavy atom. The van der Waals surface area contributed by atoms with Gasteiger partial charge in [-0.15, -0.1) is 0 Å². The number of hydrogen-bond donors (Lipinski definition) is 4. The van der Waals surface area contributed by atoms with E-state index in [0.717, 1.165) is 57.1 Å². The number of carbonyl (C=O) groups excluding carboxylic acids is 4. The van der Waals surface area contributed by atoms with E-state index in [-0.39, 0.29) is 32.2 Å². The number of benzene rings is 2. The molecule has 0 aromatic heterocycles. The summed E-state index contributed by atoms with van der Waals surface area (Å²) in [6.07, 6.45) is 3.47. The van der Waals surface area contributed by atoms with Crippen molar-refractivity contribution in [2.24, 2.45) is 17.6 Å². The van der Waals surface area contributed by atoms with Gasteiger partial charge in [0.2, 0.25) is 0 Å². The lowest BCUT2D eigenvalue weighted by atomic mass is 9.73. The molecule has 0 saturated carbocycles. The second-order valence-electron chi connectivity index (χ2n) is 16.3. The standard InChI is InChI=1S/C46H68F2N4O11/c1-6-9-16-45(59-21-22-60-45)18-15-39(51-43(55)57-4)41(53)63-42(54)40(52-44(56)58-5)28-37(46(17-10-7-2)61-19-12-20-62-46)36(30-50-29-32-14-11-13-31(8-3)23-32)38(49)26-33-24-34(47)27-35(48)25-33/h11,13-14,23-25,27,36-40,50H,6-10,12,15-22,26,28-30,49H2,1-5H3,(H,51,55)(H,52,56)/t36?,37?,38?,39-,40+/m1/s1. The Morgan fingerprint density at radius 2 is 1.37 bits per heavy atom. The number of hydrogen-bond acceptors (Lipinski definition) is 13. The summed E-state index contributed by atoms with van der Waals surface area (Å²) < 4.78 is 69.4. The van der Waals surface area contributed by atoms with E-state index in [1.807, 2.05) is 32.0 Å². The summed E-state index contributed by atoms with van der Waals surface area (Å²) in [4.78, 5) is 53.8. The second-order valence-corrected chi connectivity index (χ2v) is 16.3. The Bertz CT molecular complexity index is 1740. The Kier molecular flexibility index (Phi) is 21.1. The van der Waals surface area contributed by atoms with Crippen molar-refractivity contribution in [3.05, 3.63) is 70.8 Å². The van der Waals surface area contributed by atoms with Crippen LogP contribution in [0.4, 0.5) is 18.4 Å². The molecule has 2 heterocycles. The van der Waals surface area contributed by atoms with E-state index in [9.17, 15) is 28.0 Å². The van der Waals surface area contributed by atoms with Gasteiger partial charge in [-0.05, 0) is 79.7 Å². The number of amides is 2. The molecular weight excluding hydrogens is 823 g/mol. The fraction of sp³-hybridized carbons (Fsp3) is 0.652. The van der Waals surface area contributed by atoms with E-state index in [0.29, 0.717) is 64.2 Å². The molecular formula is C46H68F2N4O11. The summed E-state index contributed by atoms with van der Waals surface area (Å²) in [6.45, 7) is 8.13. The van der Waals surface area contributed by atoms with E-state index in [1.165, 1.54) is 12.1 Å². The first-order chi connectivity index (χ1) is 30.3. The van der Waals surface area contributed by atoms with Crippen LogP contribution in [0, 0.1) is 23.5 Å². The van der Waals surface area contributed by atoms with Gasteiger partial charge >= 0.3 is 24.1 Å². The molecule has 0 spiro atoms. The average Bonchev–Trinajstić information content (AvgIpc) is 3.75. The van der Waals surface area contributed by atoms with Crippen molar-refractivity contribution in [1.82, 2.24) is 16.0 Å². The van der Waals surface area contributed by atoms with Crippen molar-refractivity contribution < 1.29 is 61.1 Å². The number of esters is 2. The number of ether oxygens (including phenoxy) is 7. The monoisotopic (exact) mass is 890 g/mol. The van der Waals surface area contributed by atoms with Crippen molar-refractivity contribution in [3.8, 4) is 0 Å². The molecule has 0 radical (unpaired) electrons. The number of methoxy groups -OCH3 is 2. The molecule has 2 aliphatic heterocycles. The van der Waals surface area contributed by atoms with Crippen molar-refractivity contribution in [2.45, 2.75) is 134 Å². The molecule has 0 bridgehead atoms. The lowest BCUT2D eigenvalue weighted by Crippen LogP contribution is -2.58. The minimum absolute atomic E-state index is 0.0266. The average molecular weight is 891 g/mol. The number of nitrogens with one attached hydrogen (secondary N) is 3. The van der Waals surface area contributed by atoms with Crippen LogP contribution >= 0.6 is 0 Å². The fourth-order valence-corrected chi connectivity index (χ4v) is 8.41. The maximum atomic E-state index is 14.5. The Hall–Kier alpha value is -4.26. The lowest BCUT2D eigenvalue weighted by Gasteiger charge is -2.48. The highest BCUT2D eigenvalue weighted by Crippen LogP contribution is 2.42. The minimum Gasteiger partial charge on any atom is -0.453 e. The number of nitrogens with two attached hydrogens (primary N) is 1. The first-order valence-corrected chi connectivity index (χ1v) is 22.3. The molecule has 17 heteroatoms. The van der Waals surface area contributed by atoms with Crippen LogP contribution in [0.25, 0.3) is 0 Å². The van der Waals surface area contributed by atoms with Crippen LogP contribution in [0.15, 0.2) is 42.5 Å². The molecule has 2 aromatic carbocycles. The number of carbonyl (C=O) groups is 4. The molecule has 5 N–H and O–H groups in total. The van der Waals surface area contributed by atoms with Crippen LogP contribution in [0.3, 0.4) is 0 Å². The summed E-state index contributed by atoms with van der Waals surface area (Å²) in [5.74, 6) is -7.56. The van der Waals surface area contributed by atoms with Gasteiger partial charge in [-0.25, -0.2) is 28.0 Å². The van der Waals surface area contributed by atoms with Gasteiger partial charge in [0.05, 0.1) is 40.6 Å². The Morgan fingerprint density at radius 1 is 0.762 bits per heavy atom. The molecule has 15 nitrogen and oxygen atoms in total. The molecule has 3 unspecified atom stereocenters. The van der Waals surface area contributed by atoms with Gasteiger partial charge < -0.3 is 54.8 Å². The van der Waals surface area contributed by atoms with Gasteiger partial charge in [-0.2, -0.15) is 0 Å². The summed E-state index contributed by atoms with van der Waals surface area (Å²) in [5.41, 5.74) is 9.59. The van der Waals surface area contributed by atoms with Crippen molar-refractivity contribution in [1.29, 1.82) is 0 Å². The molecule has 2 aliphatic rings. The van der Waals surface area contributed by atoms with Crippen LogP contribution in [0.2, 0.25) is 0 Å². The van der Waals surface area contributed by atoms with Crippen LogP contribution in [-0.4, -0.2) is 101 Å². The first-order valence-electron chi connectivity index (χ1n) is 22.3. The van der Waals surface area contributed by atoms with Gasteiger partial charge in [0, 0.05) is 50.4 Å². The molecule has 4 rings (SSSR count). The largest absolute Gasteiger partial charge is 0.453 e. The summed E-state index contributed by atoms with van der Waals surface area (Å²) in [6, 6.07) is 7.61. The van der Waals surface area contributed by atoms with Crippen molar-refractivity contribution in [2.75, 3.05) is 47.2 Å². The number of aryl methyl sites for hydroxylation is 1. The van der Waals surface area contributed by atoms with Gasteiger partial charge in [-0.1, -0.05) is 57.9 Å². The number of halogens is 2. The zero-order chi connectivity index (χ0) is 45.8. The highest BCUT2D eigenvalue weighted by atomic mass is 19.1. The summed E-state index contributed by atoms with van der Waals surface area (Å²) in [5, 5.41) is 8.53. The molecule has 2 aromatic rings. The molecule has 2 saturated heterocycles. The predicted octanol–water partition coefficient (Wildman–Crippen LogP) is 6.37. The topological polar surface area (TPSA) is 195 Å². The van der Waals surface area contributed by atoms with Crippen LogP contribution < -0.4 is 21.7 Å². The van der Waals surface area contributed by atoms with E-state index in [1.54, 1.807) is 0 Å². The minimum atomic E-state index is -1.54. The molecule has 5 atom stereocenters.